The van der Waals surface area contributed by atoms with Crippen molar-refractivity contribution in [3.63, 3.8) is 0 Å². The first-order valence-corrected chi connectivity index (χ1v) is 7.76. The molecule has 0 unspecified atom stereocenters. The van der Waals surface area contributed by atoms with Gasteiger partial charge in [0.15, 0.2) is 0 Å². The van der Waals surface area contributed by atoms with Crippen molar-refractivity contribution in [2.45, 2.75) is 45.1 Å². The third kappa shape index (κ3) is 5.74. The number of esters is 1. The molecule has 1 saturated heterocycles. The van der Waals surface area contributed by atoms with Gasteiger partial charge in [0.2, 0.25) is 0 Å². The minimum Gasteiger partial charge on any atom is -0.461 e. The van der Waals surface area contributed by atoms with Gasteiger partial charge in [0.05, 0.1) is 0 Å². The van der Waals surface area contributed by atoms with Crippen LogP contribution in [0.15, 0.2) is 30.3 Å². The summed E-state index contributed by atoms with van der Waals surface area (Å²) in [4.78, 5) is 14.1. The maximum absolute atomic E-state index is 11.6. The molecule has 0 aliphatic carbocycles. The molecule has 0 spiro atoms. The van der Waals surface area contributed by atoms with Crippen LogP contribution >= 0.6 is 0 Å². The van der Waals surface area contributed by atoms with E-state index in [1.54, 1.807) is 0 Å². The third-order valence-corrected chi connectivity index (χ3v) is 3.80. The smallest absolute Gasteiger partial charge is 0.306 e. The number of benzene rings is 1. The van der Waals surface area contributed by atoms with Crippen molar-refractivity contribution in [3.8, 4) is 0 Å². The van der Waals surface area contributed by atoms with Crippen molar-refractivity contribution in [1.29, 1.82) is 0 Å². The van der Waals surface area contributed by atoms with E-state index in [2.05, 4.69) is 4.90 Å². The number of carbonyl (C=O) groups is 1. The second kappa shape index (κ2) is 8.75. The van der Waals surface area contributed by atoms with E-state index in [9.17, 15) is 4.79 Å². The fraction of sp³-hybridized carbons (Fsp3) is 0.588. The maximum Gasteiger partial charge on any atom is 0.306 e. The van der Waals surface area contributed by atoms with E-state index >= 15 is 0 Å². The zero-order chi connectivity index (χ0) is 14.0. The van der Waals surface area contributed by atoms with Crippen LogP contribution in [0.2, 0.25) is 0 Å². The van der Waals surface area contributed by atoms with E-state index in [1.165, 1.54) is 32.4 Å². The van der Waals surface area contributed by atoms with E-state index in [-0.39, 0.29) is 5.97 Å². The zero-order valence-electron chi connectivity index (χ0n) is 12.2. The number of ether oxygens (including phenoxy) is 1. The summed E-state index contributed by atoms with van der Waals surface area (Å²) in [5.41, 5.74) is 1.05. The summed E-state index contributed by atoms with van der Waals surface area (Å²) in [5.74, 6) is -0.0764. The molecule has 0 amide bonds. The molecule has 0 radical (unpaired) electrons. The molecule has 0 N–H and O–H groups in total. The Morgan fingerprint density at radius 2 is 1.80 bits per heavy atom. The monoisotopic (exact) mass is 275 g/mol. The predicted octanol–water partition coefficient (Wildman–Crippen LogP) is 3.39. The minimum atomic E-state index is -0.0764. The van der Waals surface area contributed by atoms with Crippen molar-refractivity contribution < 1.29 is 9.53 Å². The predicted molar refractivity (Wildman–Crippen MR) is 80.4 cm³/mol. The Morgan fingerprint density at radius 3 is 2.55 bits per heavy atom. The highest BCUT2D eigenvalue weighted by Gasteiger charge is 2.09. The van der Waals surface area contributed by atoms with Crippen molar-refractivity contribution in [2.75, 3.05) is 19.6 Å². The van der Waals surface area contributed by atoms with Crippen LogP contribution < -0.4 is 0 Å². The van der Waals surface area contributed by atoms with Gasteiger partial charge >= 0.3 is 5.97 Å². The Kier molecular flexibility index (Phi) is 6.58. The first-order chi connectivity index (χ1) is 9.84. The van der Waals surface area contributed by atoms with Gasteiger partial charge in [0.25, 0.3) is 0 Å². The third-order valence-electron chi connectivity index (χ3n) is 3.80. The van der Waals surface area contributed by atoms with Gasteiger partial charge in [-0.1, -0.05) is 36.8 Å². The minimum absolute atomic E-state index is 0.0764. The number of hydrogen-bond acceptors (Lipinski definition) is 3. The SMILES string of the molecule is O=C(CCCCN1CCCCC1)OCc1ccccc1. The largest absolute Gasteiger partial charge is 0.461 e. The van der Waals surface area contributed by atoms with Gasteiger partial charge in [-0.05, 0) is 50.9 Å². The summed E-state index contributed by atoms with van der Waals surface area (Å²) in [6.07, 6.45) is 6.62. The van der Waals surface area contributed by atoms with E-state index in [4.69, 9.17) is 4.74 Å². The van der Waals surface area contributed by atoms with Gasteiger partial charge in [0.1, 0.15) is 6.61 Å². The lowest BCUT2D eigenvalue weighted by molar-refractivity contribution is -0.145. The van der Waals surface area contributed by atoms with Crippen LogP contribution in [-0.2, 0) is 16.1 Å². The molecule has 1 aliphatic heterocycles. The molecule has 3 heteroatoms. The average molecular weight is 275 g/mol. The zero-order valence-corrected chi connectivity index (χ0v) is 12.2. The summed E-state index contributed by atoms with van der Waals surface area (Å²) >= 11 is 0. The summed E-state index contributed by atoms with van der Waals surface area (Å²) < 4.78 is 5.27. The van der Waals surface area contributed by atoms with Crippen LogP contribution in [0.5, 0.6) is 0 Å². The summed E-state index contributed by atoms with van der Waals surface area (Å²) in [6, 6.07) is 9.84. The highest BCUT2D eigenvalue weighted by Crippen LogP contribution is 2.10. The molecule has 1 aliphatic rings. The first kappa shape index (κ1) is 15.0. The van der Waals surface area contributed by atoms with Crippen LogP contribution in [0, 0.1) is 0 Å². The number of nitrogens with zero attached hydrogens (tertiary/aromatic N) is 1. The summed E-state index contributed by atoms with van der Waals surface area (Å²) in [5, 5.41) is 0. The van der Waals surface area contributed by atoms with Crippen molar-refractivity contribution in [3.05, 3.63) is 35.9 Å². The Hall–Kier alpha value is -1.35. The Morgan fingerprint density at radius 1 is 1.05 bits per heavy atom. The fourth-order valence-corrected chi connectivity index (χ4v) is 2.60. The van der Waals surface area contributed by atoms with Crippen molar-refractivity contribution in [2.24, 2.45) is 0 Å². The molecule has 0 bridgehead atoms. The molecule has 3 nitrogen and oxygen atoms in total. The van der Waals surface area contributed by atoms with E-state index in [0.717, 1.165) is 24.9 Å². The molecule has 0 aromatic heterocycles. The molecule has 0 saturated carbocycles. The lowest BCUT2D eigenvalue weighted by Gasteiger charge is -2.26. The lowest BCUT2D eigenvalue weighted by atomic mass is 10.1. The Balaban J connectivity index is 1.51. The van der Waals surface area contributed by atoms with E-state index in [0.29, 0.717) is 13.0 Å². The topological polar surface area (TPSA) is 29.5 Å². The molecule has 1 aromatic rings. The Labute approximate surface area is 121 Å². The normalized spacial score (nSPS) is 16.0. The fourth-order valence-electron chi connectivity index (χ4n) is 2.60. The van der Waals surface area contributed by atoms with Crippen LogP contribution in [0.1, 0.15) is 44.1 Å². The molecule has 1 aromatic carbocycles. The Bertz CT molecular complexity index is 385. The average Bonchev–Trinajstić information content (AvgIpc) is 2.52. The highest BCUT2D eigenvalue weighted by molar-refractivity contribution is 5.69. The van der Waals surface area contributed by atoms with Crippen LogP contribution in [-0.4, -0.2) is 30.5 Å². The molecule has 1 heterocycles. The number of unbranched alkanes of at least 4 members (excludes halogenated alkanes) is 1. The number of rotatable bonds is 7. The van der Waals surface area contributed by atoms with Crippen LogP contribution in [0.3, 0.4) is 0 Å². The van der Waals surface area contributed by atoms with Crippen LogP contribution in [0.4, 0.5) is 0 Å². The van der Waals surface area contributed by atoms with Crippen LogP contribution in [0.25, 0.3) is 0 Å². The van der Waals surface area contributed by atoms with E-state index in [1.807, 2.05) is 30.3 Å². The molecule has 0 atom stereocenters. The molecule has 2 rings (SSSR count). The van der Waals surface area contributed by atoms with E-state index < -0.39 is 0 Å². The standard InChI is InChI=1S/C17H25NO2/c19-17(20-15-16-9-3-1-4-10-16)11-5-8-14-18-12-6-2-7-13-18/h1,3-4,9-10H,2,5-8,11-15H2. The van der Waals surface area contributed by atoms with Gasteiger partial charge in [-0.2, -0.15) is 0 Å². The summed E-state index contributed by atoms with van der Waals surface area (Å²) in [6.45, 7) is 3.99. The molecule has 20 heavy (non-hydrogen) atoms. The van der Waals surface area contributed by atoms with Crippen molar-refractivity contribution in [1.82, 2.24) is 4.90 Å². The molecule has 110 valence electrons. The molecular weight excluding hydrogens is 250 g/mol. The lowest BCUT2D eigenvalue weighted by Crippen LogP contribution is -2.30. The van der Waals surface area contributed by atoms with Crippen molar-refractivity contribution >= 4 is 5.97 Å². The molecular formula is C17H25NO2. The number of piperidine rings is 1. The number of likely N-dealkylation sites (tertiary alicyclic amines) is 1. The first-order valence-electron chi connectivity index (χ1n) is 7.76. The second-order valence-electron chi connectivity index (χ2n) is 5.51. The maximum atomic E-state index is 11.6. The number of carbonyl (C=O) groups excluding carboxylic acids is 1. The van der Waals surface area contributed by atoms with Gasteiger partial charge in [-0.25, -0.2) is 0 Å². The number of hydrogen-bond donors (Lipinski definition) is 0. The highest BCUT2D eigenvalue weighted by atomic mass is 16.5. The van der Waals surface area contributed by atoms with Gasteiger partial charge in [-0.15, -0.1) is 0 Å². The van der Waals surface area contributed by atoms with Gasteiger partial charge < -0.3 is 9.64 Å². The second-order valence-corrected chi connectivity index (χ2v) is 5.51. The molecule has 1 fully saturated rings. The summed E-state index contributed by atoms with van der Waals surface area (Å²) in [7, 11) is 0. The van der Waals surface area contributed by atoms with Gasteiger partial charge in [0, 0.05) is 6.42 Å². The quantitative estimate of drug-likeness (QED) is 0.564. The van der Waals surface area contributed by atoms with Gasteiger partial charge in [-0.3, -0.25) is 4.79 Å².